The van der Waals surface area contributed by atoms with Crippen molar-refractivity contribution in [2.45, 2.75) is 57.5 Å². The SMILES string of the molecule is CC1(C)CC(=O)C2=C(C1)NC1N=NC=C1[C@@]21CCCc2ccccc21. The molecule has 1 N–H and O–H groups in total. The zero-order valence-corrected chi connectivity index (χ0v) is 14.8. The molecule has 128 valence electrons. The molecule has 4 nitrogen and oxygen atoms in total. The number of nitrogens with zero attached hydrogens (tertiary/aromatic N) is 2. The molecule has 1 unspecified atom stereocenters. The predicted octanol–water partition coefficient (Wildman–Crippen LogP) is 4.18. The number of azo groups is 1. The molecule has 0 radical (unpaired) electrons. The van der Waals surface area contributed by atoms with Gasteiger partial charge in [0.1, 0.15) is 0 Å². The lowest BCUT2D eigenvalue weighted by Gasteiger charge is -2.50. The number of hydrogen-bond donors (Lipinski definition) is 1. The van der Waals surface area contributed by atoms with Crippen molar-refractivity contribution in [2.24, 2.45) is 15.6 Å². The van der Waals surface area contributed by atoms with Crippen molar-refractivity contribution in [3.8, 4) is 0 Å². The number of ketones is 1. The topological polar surface area (TPSA) is 53.8 Å². The number of benzene rings is 1. The number of aryl methyl sites for hydroxylation is 1. The van der Waals surface area contributed by atoms with Gasteiger partial charge in [0.25, 0.3) is 0 Å². The first kappa shape index (κ1) is 15.1. The summed E-state index contributed by atoms with van der Waals surface area (Å²) >= 11 is 0. The first-order valence-electron chi connectivity index (χ1n) is 9.24. The molecule has 4 aliphatic rings. The van der Waals surface area contributed by atoms with Crippen molar-refractivity contribution in [1.82, 2.24) is 5.32 Å². The molecule has 4 heteroatoms. The number of hydrogen-bond acceptors (Lipinski definition) is 4. The monoisotopic (exact) mass is 333 g/mol. The molecule has 2 aliphatic heterocycles. The van der Waals surface area contributed by atoms with Gasteiger partial charge in [0.05, 0.1) is 11.6 Å². The molecular weight excluding hydrogens is 310 g/mol. The zero-order valence-electron chi connectivity index (χ0n) is 14.8. The average Bonchev–Trinajstić information content (AvgIpc) is 3.02. The van der Waals surface area contributed by atoms with E-state index in [2.05, 4.69) is 53.7 Å². The van der Waals surface area contributed by atoms with Crippen LogP contribution in [0.5, 0.6) is 0 Å². The Hall–Kier alpha value is -2.23. The molecule has 0 saturated heterocycles. The Morgan fingerprint density at radius 1 is 1.20 bits per heavy atom. The van der Waals surface area contributed by atoms with Crippen molar-refractivity contribution in [2.75, 3.05) is 0 Å². The van der Waals surface area contributed by atoms with E-state index in [1.165, 1.54) is 11.1 Å². The quantitative estimate of drug-likeness (QED) is 0.774. The van der Waals surface area contributed by atoms with Gasteiger partial charge in [-0.2, -0.15) is 10.2 Å². The Labute approximate surface area is 148 Å². The van der Waals surface area contributed by atoms with Crippen LogP contribution < -0.4 is 5.32 Å². The lowest BCUT2D eigenvalue weighted by atomic mass is 9.56. The van der Waals surface area contributed by atoms with E-state index in [9.17, 15) is 4.79 Å². The summed E-state index contributed by atoms with van der Waals surface area (Å²) in [4.78, 5) is 13.3. The maximum atomic E-state index is 13.3. The van der Waals surface area contributed by atoms with Gasteiger partial charge in [-0.15, -0.1) is 0 Å². The summed E-state index contributed by atoms with van der Waals surface area (Å²) in [5.41, 5.74) is 5.58. The normalized spacial score (nSPS) is 32.0. The van der Waals surface area contributed by atoms with E-state index in [-0.39, 0.29) is 17.0 Å². The Kier molecular flexibility index (Phi) is 2.95. The van der Waals surface area contributed by atoms with Crippen molar-refractivity contribution in [3.05, 3.63) is 58.4 Å². The van der Waals surface area contributed by atoms with E-state index in [1.54, 1.807) is 0 Å². The molecule has 1 spiro atoms. The van der Waals surface area contributed by atoms with Crippen LogP contribution in [0, 0.1) is 5.41 Å². The van der Waals surface area contributed by atoms with Gasteiger partial charge in [-0.05, 0) is 42.2 Å². The minimum Gasteiger partial charge on any atom is -0.362 e. The second-order valence-corrected chi connectivity index (χ2v) is 8.57. The molecule has 2 aliphatic carbocycles. The van der Waals surface area contributed by atoms with Crippen LogP contribution in [0.15, 0.2) is 57.5 Å². The summed E-state index contributed by atoms with van der Waals surface area (Å²) in [7, 11) is 0. The predicted molar refractivity (Wildman–Crippen MR) is 96.0 cm³/mol. The fourth-order valence-electron chi connectivity index (χ4n) is 5.39. The third kappa shape index (κ3) is 1.97. The van der Waals surface area contributed by atoms with Crippen molar-refractivity contribution in [3.63, 3.8) is 0 Å². The largest absolute Gasteiger partial charge is 0.362 e. The van der Waals surface area contributed by atoms with Crippen LogP contribution >= 0.6 is 0 Å². The highest BCUT2D eigenvalue weighted by Crippen LogP contribution is 2.56. The fourth-order valence-corrected chi connectivity index (χ4v) is 5.39. The fraction of sp³-hybridized carbons (Fsp3) is 0.476. The molecule has 0 saturated carbocycles. The van der Waals surface area contributed by atoms with Crippen molar-refractivity contribution < 1.29 is 4.79 Å². The second-order valence-electron chi connectivity index (χ2n) is 8.57. The van der Waals surface area contributed by atoms with Crippen LogP contribution in [0.25, 0.3) is 0 Å². The number of nitrogens with one attached hydrogen (secondary N) is 1. The summed E-state index contributed by atoms with van der Waals surface area (Å²) in [5, 5.41) is 12.2. The maximum Gasteiger partial charge on any atom is 0.164 e. The number of carbonyl (C=O) groups is 1. The molecular formula is C21H23N3O. The highest BCUT2D eigenvalue weighted by atomic mass is 16.1. The summed E-state index contributed by atoms with van der Waals surface area (Å²) in [6, 6.07) is 8.64. The Bertz CT molecular complexity index is 877. The number of Topliss-reactive ketones (excluding diaryl/α,β-unsaturated/α-hetero) is 1. The molecule has 1 aromatic rings. The van der Waals surface area contributed by atoms with Gasteiger partial charge in [0.15, 0.2) is 11.9 Å². The number of fused-ring (bicyclic) bond motifs is 5. The van der Waals surface area contributed by atoms with Crippen LogP contribution in [0.1, 0.15) is 50.7 Å². The smallest absolute Gasteiger partial charge is 0.164 e. The standard InChI is InChI=1S/C21H23N3O/c1-20(2)10-16-18(17(25)11-20)21(15-12-22-24-19(15)23-16)9-5-7-13-6-3-4-8-14(13)21/h3-4,6,8,12,19,23H,5,7,9-11H2,1-2H3/t19?,21-/m0/s1. The number of rotatable bonds is 0. The third-order valence-corrected chi connectivity index (χ3v) is 6.25. The van der Waals surface area contributed by atoms with Gasteiger partial charge >= 0.3 is 0 Å². The lowest BCUT2D eigenvalue weighted by Crippen LogP contribution is -2.52. The van der Waals surface area contributed by atoms with Gasteiger partial charge < -0.3 is 5.32 Å². The van der Waals surface area contributed by atoms with E-state index in [1.807, 2.05) is 6.20 Å². The number of allylic oxidation sites excluding steroid dienone is 2. The summed E-state index contributed by atoms with van der Waals surface area (Å²) < 4.78 is 0. The second kappa shape index (κ2) is 4.90. The maximum absolute atomic E-state index is 13.3. The minimum absolute atomic E-state index is 0.00471. The first-order chi connectivity index (χ1) is 12.0. The van der Waals surface area contributed by atoms with Gasteiger partial charge in [-0.25, -0.2) is 0 Å². The molecule has 0 aromatic heterocycles. The van der Waals surface area contributed by atoms with E-state index in [0.29, 0.717) is 12.2 Å². The number of carbonyl (C=O) groups excluding carboxylic acids is 1. The molecule has 0 fully saturated rings. The molecule has 25 heavy (non-hydrogen) atoms. The van der Waals surface area contributed by atoms with Crippen LogP contribution in [0.4, 0.5) is 0 Å². The van der Waals surface area contributed by atoms with Gasteiger partial charge in [0.2, 0.25) is 0 Å². The Morgan fingerprint density at radius 2 is 2.04 bits per heavy atom. The molecule has 2 heterocycles. The van der Waals surface area contributed by atoms with Crippen LogP contribution in [0.3, 0.4) is 0 Å². The lowest BCUT2D eigenvalue weighted by molar-refractivity contribution is -0.119. The van der Waals surface area contributed by atoms with Gasteiger partial charge in [-0.1, -0.05) is 38.1 Å². The Balaban J connectivity index is 1.81. The molecule has 0 bridgehead atoms. The highest BCUT2D eigenvalue weighted by molar-refractivity contribution is 6.01. The van der Waals surface area contributed by atoms with Crippen LogP contribution in [-0.2, 0) is 16.6 Å². The Morgan fingerprint density at radius 3 is 2.92 bits per heavy atom. The first-order valence-corrected chi connectivity index (χ1v) is 9.24. The highest BCUT2D eigenvalue weighted by Gasteiger charge is 2.54. The summed E-state index contributed by atoms with van der Waals surface area (Å²) in [6.45, 7) is 4.36. The molecule has 5 rings (SSSR count). The van der Waals surface area contributed by atoms with Crippen molar-refractivity contribution >= 4 is 5.78 Å². The van der Waals surface area contributed by atoms with E-state index in [4.69, 9.17) is 0 Å². The summed E-state index contributed by atoms with van der Waals surface area (Å²) in [5.74, 6) is 0.293. The van der Waals surface area contributed by atoms with Gasteiger partial charge in [-0.3, -0.25) is 4.79 Å². The van der Waals surface area contributed by atoms with Crippen molar-refractivity contribution in [1.29, 1.82) is 0 Å². The zero-order chi connectivity index (χ0) is 17.2. The third-order valence-electron chi connectivity index (χ3n) is 6.25. The van der Waals surface area contributed by atoms with Crippen LogP contribution in [0.2, 0.25) is 0 Å². The average molecular weight is 333 g/mol. The van der Waals surface area contributed by atoms with E-state index >= 15 is 0 Å². The summed E-state index contributed by atoms with van der Waals surface area (Å²) in [6.07, 6.45) is 6.45. The van der Waals surface area contributed by atoms with Gasteiger partial charge in [0, 0.05) is 23.3 Å². The molecule has 2 atom stereocenters. The minimum atomic E-state index is -0.336. The van der Waals surface area contributed by atoms with E-state index in [0.717, 1.165) is 42.5 Å². The molecule has 0 amide bonds. The van der Waals surface area contributed by atoms with Crippen LogP contribution in [-0.4, -0.2) is 11.9 Å². The molecule has 1 aromatic carbocycles. The van der Waals surface area contributed by atoms with E-state index < -0.39 is 0 Å².